The number of ether oxygens (including phenoxy) is 1. The second-order valence-electron chi connectivity index (χ2n) is 6.57. The van der Waals surface area contributed by atoms with Gasteiger partial charge in [-0.3, -0.25) is 4.79 Å². The molecular formula is C15H27N3O2. The summed E-state index contributed by atoms with van der Waals surface area (Å²) in [6.07, 6.45) is 6.64. The van der Waals surface area contributed by atoms with Gasteiger partial charge in [0, 0.05) is 19.6 Å². The van der Waals surface area contributed by atoms with Crippen molar-refractivity contribution in [3.8, 4) is 0 Å². The fourth-order valence-electron chi connectivity index (χ4n) is 3.24. The number of nitrogens with zero attached hydrogens (tertiary/aromatic N) is 2. The zero-order valence-electron chi connectivity index (χ0n) is 12.4. The number of likely N-dealkylation sites (tertiary alicyclic amines) is 2. The van der Waals surface area contributed by atoms with Crippen LogP contribution in [0.1, 0.15) is 38.5 Å². The molecule has 0 atom stereocenters. The first kappa shape index (κ1) is 14.3. The number of piperidine rings is 1. The van der Waals surface area contributed by atoms with E-state index < -0.39 is 5.54 Å². The second-order valence-corrected chi connectivity index (χ2v) is 6.57. The first-order valence-corrected chi connectivity index (χ1v) is 8.10. The minimum atomic E-state index is -0.510. The third-order valence-electron chi connectivity index (χ3n) is 4.90. The summed E-state index contributed by atoms with van der Waals surface area (Å²) in [5.41, 5.74) is 5.47. The third kappa shape index (κ3) is 3.32. The van der Waals surface area contributed by atoms with E-state index in [9.17, 15) is 4.79 Å². The molecule has 3 aliphatic rings. The van der Waals surface area contributed by atoms with Crippen molar-refractivity contribution in [1.29, 1.82) is 0 Å². The van der Waals surface area contributed by atoms with Crippen LogP contribution in [0.5, 0.6) is 0 Å². The molecule has 0 aromatic rings. The van der Waals surface area contributed by atoms with Crippen LogP contribution in [0.3, 0.4) is 0 Å². The van der Waals surface area contributed by atoms with E-state index in [1.165, 1.54) is 25.9 Å². The van der Waals surface area contributed by atoms with Crippen molar-refractivity contribution in [3.05, 3.63) is 0 Å². The second kappa shape index (κ2) is 6.00. The van der Waals surface area contributed by atoms with Gasteiger partial charge in [-0.25, -0.2) is 0 Å². The smallest absolute Gasteiger partial charge is 0.242 e. The average molecular weight is 281 g/mol. The van der Waals surface area contributed by atoms with Crippen LogP contribution >= 0.6 is 0 Å². The van der Waals surface area contributed by atoms with Gasteiger partial charge in [0.05, 0.1) is 18.2 Å². The van der Waals surface area contributed by atoms with Crippen LogP contribution in [0.2, 0.25) is 0 Å². The Labute approximate surface area is 121 Å². The highest BCUT2D eigenvalue weighted by Crippen LogP contribution is 2.34. The molecule has 0 bridgehead atoms. The quantitative estimate of drug-likeness (QED) is 0.801. The standard InChI is InChI=1S/C15H27N3O2/c16-15(5-6-15)14(19)18-9-3-13(4-10-18)20-12-11-17-7-1-2-8-17/h13H,1-12,16H2. The Balaban J connectivity index is 1.32. The van der Waals surface area contributed by atoms with Gasteiger partial charge in [0.2, 0.25) is 5.91 Å². The van der Waals surface area contributed by atoms with E-state index in [1.807, 2.05) is 4.90 Å². The van der Waals surface area contributed by atoms with Crippen molar-refractivity contribution in [3.63, 3.8) is 0 Å². The normalized spacial score (nSPS) is 26.9. The zero-order chi connectivity index (χ0) is 14.0. The molecule has 114 valence electrons. The van der Waals surface area contributed by atoms with Gasteiger partial charge in [-0.05, 0) is 51.6 Å². The lowest BCUT2D eigenvalue weighted by Crippen LogP contribution is -2.49. The van der Waals surface area contributed by atoms with Gasteiger partial charge >= 0.3 is 0 Å². The van der Waals surface area contributed by atoms with Crippen LogP contribution in [0, 0.1) is 0 Å². The first-order chi connectivity index (χ1) is 9.67. The number of rotatable bonds is 5. The van der Waals surface area contributed by atoms with E-state index in [1.54, 1.807) is 0 Å². The van der Waals surface area contributed by atoms with Crippen molar-refractivity contribution in [2.24, 2.45) is 5.73 Å². The predicted octanol–water partition coefficient (Wildman–Crippen LogP) is 0.581. The van der Waals surface area contributed by atoms with Crippen molar-refractivity contribution >= 4 is 5.91 Å². The lowest BCUT2D eigenvalue weighted by molar-refractivity contribution is -0.136. The third-order valence-corrected chi connectivity index (χ3v) is 4.90. The minimum absolute atomic E-state index is 0.160. The predicted molar refractivity (Wildman–Crippen MR) is 77.4 cm³/mol. The summed E-state index contributed by atoms with van der Waals surface area (Å²) in [6, 6.07) is 0. The van der Waals surface area contributed by atoms with Gasteiger partial charge in [0.25, 0.3) is 0 Å². The lowest BCUT2D eigenvalue weighted by atomic mass is 10.1. The van der Waals surface area contributed by atoms with Gasteiger partial charge in [-0.15, -0.1) is 0 Å². The van der Waals surface area contributed by atoms with Gasteiger partial charge < -0.3 is 20.3 Å². The molecule has 0 aromatic carbocycles. The summed E-state index contributed by atoms with van der Waals surface area (Å²) in [7, 11) is 0. The molecule has 2 aliphatic heterocycles. The summed E-state index contributed by atoms with van der Waals surface area (Å²) in [5, 5.41) is 0. The number of hydrogen-bond donors (Lipinski definition) is 1. The molecule has 0 aromatic heterocycles. The van der Waals surface area contributed by atoms with Crippen LogP contribution < -0.4 is 5.73 Å². The molecule has 3 rings (SSSR count). The SMILES string of the molecule is NC1(C(=O)N2CCC(OCCN3CCCC3)CC2)CC1. The van der Waals surface area contributed by atoms with Crippen LogP contribution in [-0.2, 0) is 9.53 Å². The highest BCUT2D eigenvalue weighted by Gasteiger charge is 2.48. The summed E-state index contributed by atoms with van der Waals surface area (Å²) < 4.78 is 5.96. The van der Waals surface area contributed by atoms with Crippen LogP contribution in [0.25, 0.3) is 0 Å². The lowest BCUT2D eigenvalue weighted by Gasteiger charge is -2.33. The van der Waals surface area contributed by atoms with Gasteiger partial charge in [0.1, 0.15) is 0 Å². The van der Waals surface area contributed by atoms with E-state index in [4.69, 9.17) is 10.5 Å². The Morgan fingerprint density at radius 2 is 1.80 bits per heavy atom. The Morgan fingerprint density at radius 3 is 2.40 bits per heavy atom. The van der Waals surface area contributed by atoms with E-state index in [0.717, 1.165) is 51.9 Å². The van der Waals surface area contributed by atoms with E-state index in [2.05, 4.69) is 4.90 Å². The molecule has 2 heterocycles. The fraction of sp³-hybridized carbons (Fsp3) is 0.933. The molecule has 0 unspecified atom stereocenters. The Kier molecular flexibility index (Phi) is 4.29. The van der Waals surface area contributed by atoms with Crippen LogP contribution in [0.15, 0.2) is 0 Å². The summed E-state index contributed by atoms with van der Waals surface area (Å²) >= 11 is 0. The van der Waals surface area contributed by atoms with Crippen molar-refractivity contribution in [2.75, 3.05) is 39.3 Å². The molecule has 0 radical (unpaired) electrons. The van der Waals surface area contributed by atoms with Crippen molar-refractivity contribution in [2.45, 2.75) is 50.2 Å². The van der Waals surface area contributed by atoms with Gasteiger partial charge in [-0.1, -0.05) is 0 Å². The summed E-state index contributed by atoms with van der Waals surface area (Å²) in [5.74, 6) is 0.160. The molecule has 2 N–H and O–H groups in total. The molecule has 1 amide bonds. The molecule has 20 heavy (non-hydrogen) atoms. The Bertz CT molecular complexity index is 343. The summed E-state index contributed by atoms with van der Waals surface area (Å²) in [6.45, 7) is 5.98. The topological polar surface area (TPSA) is 58.8 Å². The minimum Gasteiger partial charge on any atom is -0.377 e. The highest BCUT2D eigenvalue weighted by molar-refractivity contribution is 5.89. The highest BCUT2D eigenvalue weighted by atomic mass is 16.5. The van der Waals surface area contributed by atoms with Gasteiger partial charge in [-0.2, -0.15) is 0 Å². The fourth-order valence-corrected chi connectivity index (χ4v) is 3.24. The molecule has 1 aliphatic carbocycles. The summed E-state index contributed by atoms with van der Waals surface area (Å²) in [4.78, 5) is 16.5. The molecular weight excluding hydrogens is 254 g/mol. The Hall–Kier alpha value is -0.650. The molecule has 2 saturated heterocycles. The van der Waals surface area contributed by atoms with E-state index in [0.29, 0.717) is 6.10 Å². The van der Waals surface area contributed by atoms with E-state index in [-0.39, 0.29) is 5.91 Å². The van der Waals surface area contributed by atoms with Crippen LogP contribution in [-0.4, -0.2) is 66.7 Å². The number of carbonyl (C=O) groups is 1. The molecule has 3 fully saturated rings. The molecule has 1 saturated carbocycles. The average Bonchev–Trinajstić information content (AvgIpc) is 3.01. The van der Waals surface area contributed by atoms with E-state index >= 15 is 0 Å². The zero-order valence-corrected chi connectivity index (χ0v) is 12.4. The van der Waals surface area contributed by atoms with Gasteiger partial charge in [0.15, 0.2) is 0 Å². The maximum absolute atomic E-state index is 12.1. The van der Waals surface area contributed by atoms with Crippen molar-refractivity contribution in [1.82, 2.24) is 9.80 Å². The Morgan fingerprint density at radius 1 is 1.15 bits per heavy atom. The molecule has 0 spiro atoms. The van der Waals surface area contributed by atoms with Crippen molar-refractivity contribution < 1.29 is 9.53 Å². The number of carbonyl (C=O) groups excluding carboxylic acids is 1. The maximum atomic E-state index is 12.1. The first-order valence-electron chi connectivity index (χ1n) is 8.10. The molecule has 5 heteroatoms. The number of amides is 1. The monoisotopic (exact) mass is 281 g/mol. The largest absolute Gasteiger partial charge is 0.377 e. The maximum Gasteiger partial charge on any atom is 0.242 e. The van der Waals surface area contributed by atoms with Crippen LogP contribution in [0.4, 0.5) is 0 Å². The number of nitrogens with two attached hydrogens (primary N) is 1. The molecule has 5 nitrogen and oxygen atoms in total. The number of hydrogen-bond acceptors (Lipinski definition) is 4.